The maximum atomic E-state index is 9.70. The molecule has 0 atom stereocenters. The summed E-state index contributed by atoms with van der Waals surface area (Å²) in [5, 5.41) is 7.99. The van der Waals surface area contributed by atoms with Crippen LogP contribution in [0.25, 0.3) is 0 Å². The van der Waals surface area contributed by atoms with Gasteiger partial charge in [0.2, 0.25) is 0 Å². The molecule has 1 radical (unpaired) electrons. The predicted octanol–water partition coefficient (Wildman–Crippen LogP) is 0.724. The summed E-state index contributed by atoms with van der Waals surface area (Å²) in [5.41, 5.74) is 0. The normalized spacial score (nSPS) is 7.86. The Labute approximate surface area is 55.7 Å². The number of hydrogen-bond donors (Lipinski definition) is 1. The first-order valence-electron chi connectivity index (χ1n) is 1.87. The van der Waals surface area contributed by atoms with Gasteiger partial charge in [-0.2, -0.15) is 0 Å². The predicted molar refractivity (Wildman–Crippen MR) is 22.5 cm³/mol. The first-order chi connectivity index (χ1) is 2.64. The third kappa shape index (κ3) is 6.09. The maximum absolute atomic E-state index is 9.70. The second kappa shape index (κ2) is 4.26. The Hall–Kier alpha value is 0.0934. The van der Waals surface area contributed by atoms with Crippen molar-refractivity contribution in [3.63, 3.8) is 0 Å². The fourth-order valence-corrected chi connectivity index (χ4v) is 0. The monoisotopic (exact) mass is 191 g/mol. The second-order valence-electron chi connectivity index (χ2n) is 1.49. The summed E-state index contributed by atoms with van der Waals surface area (Å²) in [6.07, 6.45) is 0. The summed E-state index contributed by atoms with van der Waals surface area (Å²) >= 11 is 0. The molecular weight excluding hydrogens is 183 g/mol. The van der Waals surface area contributed by atoms with Crippen LogP contribution in [0.1, 0.15) is 13.8 Å². The van der Waals surface area contributed by atoms with Gasteiger partial charge in [0.25, 0.3) is 0 Å². The Kier molecular flexibility index (Phi) is 6.17. The molecule has 0 unspecified atom stereocenters. The van der Waals surface area contributed by atoms with E-state index in [1.165, 1.54) is 0 Å². The van der Waals surface area contributed by atoms with Gasteiger partial charge in [0.15, 0.2) is 0 Å². The van der Waals surface area contributed by atoms with Crippen molar-refractivity contribution in [2.24, 2.45) is 5.92 Å². The van der Waals surface area contributed by atoms with Crippen molar-refractivity contribution in [3.8, 4) is 0 Å². The minimum Gasteiger partial charge on any atom is -0.481 e. The van der Waals surface area contributed by atoms with E-state index in [-0.39, 0.29) is 25.4 Å². The first-order valence-corrected chi connectivity index (χ1v) is 1.87. The molecule has 0 rings (SSSR count). The minimum atomic E-state index is -0.741. The van der Waals surface area contributed by atoms with Crippen molar-refractivity contribution >= 4 is 5.97 Å². The molecule has 0 aliphatic carbocycles. The number of rotatable bonds is 1. The Bertz CT molecular complexity index is 60.7. The summed E-state index contributed by atoms with van der Waals surface area (Å²) < 4.78 is 0. The molecule has 0 aromatic rings. The summed E-state index contributed by atoms with van der Waals surface area (Å²) in [6.45, 7) is 3.28. The Balaban J connectivity index is 0. The van der Waals surface area contributed by atoms with Crippen molar-refractivity contribution in [2.75, 3.05) is 0 Å². The van der Waals surface area contributed by atoms with Crippen molar-refractivity contribution in [1.82, 2.24) is 0 Å². The maximum Gasteiger partial charge on any atom is 0.305 e. The van der Waals surface area contributed by atoms with Crippen LogP contribution in [0, 0.1) is 5.92 Å². The Morgan fingerprint density at radius 2 is 1.71 bits per heavy atom. The van der Waals surface area contributed by atoms with E-state index in [1.54, 1.807) is 13.8 Å². The summed E-state index contributed by atoms with van der Waals surface area (Å²) in [4.78, 5) is 9.70. The van der Waals surface area contributed by atoms with Gasteiger partial charge in [0, 0.05) is 19.5 Å². The molecule has 0 aromatic heterocycles. The van der Waals surface area contributed by atoms with E-state index in [1.807, 2.05) is 0 Å². The van der Waals surface area contributed by atoms with Gasteiger partial charge >= 0.3 is 5.97 Å². The van der Waals surface area contributed by atoms with E-state index < -0.39 is 5.97 Å². The van der Waals surface area contributed by atoms with Crippen LogP contribution < -0.4 is 0 Å². The number of carboxylic acids is 1. The molecule has 2 nitrogen and oxygen atoms in total. The van der Waals surface area contributed by atoms with Gasteiger partial charge in [-0.3, -0.25) is 4.79 Å². The van der Waals surface area contributed by atoms with Gasteiger partial charge in [-0.25, -0.2) is 0 Å². The van der Waals surface area contributed by atoms with Crippen LogP contribution in [-0.4, -0.2) is 11.1 Å². The number of hydrogen-bond acceptors (Lipinski definition) is 1. The largest absolute Gasteiger partial charge is 0.481 e. The number of carboxylic acid groups (broad SMARTS) is 1. The van der Waals surface area contributed by atoms with Gasteiger partial charge < -0.3 is 5.11 Å². The van der Waals surface area contributed by atoms with Crippen LogP contribution in [0.5, 0.6) is 0 Å². The van der Waals surface area contributed by atoms with E-state index >= 15 is 0 Å². The van der Waals surface area contributed by atoms with E-state index in [4.69, 9.17) is 5.11 Å². The van der Waals surface area contributed by atoms with Crippen molar-refractivity contribution < 1.29 is 29.4 Å². The van der Waals surface area contributed by atoms with Gasteiger partial charge in [0.1, 0.15) is 0 Å². The summed E-state index contributed by atoms with van der Waals surface area (Å²) in [6, 6.07) is 0. The Morgan fingerprint density at radius 3 is 1.71 bits per heavy atom. The molecule has 0 aliphatic rings. The summed E-state index contributed by atoms with van der Waals surface area (Å²) in [5.74, 6) is -0.972. The van der Waals surface area contributed by atoms with Crippen molar-refractivity contribution in [2.45, 2.75) is 13.8 Å². The molecule has 3 heteroatoms. The zero-order chi connectivity index (χ0) is 5.15. The van der Waals surface area contributed by atoms with E-state index in [2.05, 4.69) is 0 Å². The minimum absolute atomic E-state index is 0. The molecule has 0 amide bonds. The van der Waals surface area contributed by atoms with Crippen LogP contribution in [0.4, 0.5) is 0 Å². The average Bonchev–Trinajstić information content (AvgIpc) is 1.36. The first kappa shape index (κ1) is 10.2. The molecule has 0 aromatic carbocycles. The standard InChI is InChI=1S/C4H8O2.Rh/c1-3(2)4(5)6;/h3H,1-2H3,(H,5,6);. The third-order valence-electron chi connectivity index (χ3n) is 0.494. The summed E-state index contributed by atoms with van der Waals surface area (Å²) in [7, 11) is 0. The van der Waals surface area contributed by atoms with E-state index in [9.17, 15) is 4.79 Å². The molecular formula is C4H8O2Rh. The van der Waals surface area contributed by atoms with Gasteiger partial charge in [-0.05, 0) is 0 Å². The average molecular weight is 191 g/mol. The molecule has 0 saturated carbocycles. The zero-order valence-electron chi connectivity index (χ0n) is 4.27. The van der Waals surface area contributed by atoms with Gasteiger partial charge in [0.05, 0.1) is 5.92 Å². The quantitative estimate of drug-likeness (QED) is 0.620. The molecule has 0 spiro atoms. The van der Waals surface area contributed by atoms with Crippen LogP contribution in [0.3, 0.4) is 0 Å². The van der Waals surface area contributed by atoms with E-state index in [0.717, 1.165) is 0 Å². The fraction of sp³-hybridized carbons (Fsp3) is 0.750. The smallest absolute Gasteiger partial charge is 0.305 e. The second-order valence-corrected chi connectivity index (χ2v) is 1.49. The van der Waals surface area contributed by atoms with Crippen molar-refractivity contribution in [3.05, 3.63) is 0 Å². The van der Waals surface area contributed by atoms with E-state index in [0.29, 0.717) is 0 Å². The van der Waals surface area contributed by atoms with Crippen LogP contribution in [0.2, 0.25) is 0 Å². The molecule has 0 fully saturated rings. The van der Waals surface area contributed by atoms with Gasteiger partial charge in [-0.1, -0.05) is 13.8 Å². The fourth-order valence-electron chi connectivity index (χ4n) is 0. The third-order valence-corrected chi connectivity index (χ3v) is 0.494. The molecule has 1 N–H and O–H groups in total. The van der Waals surface area contributed by atoms with Crippen LogP contribution in [0.15, 0.2) is 0 Å². The molecule has 0 aliphatic heterocycles. The molecule has 0 heterocycles. The van der Waals surface area contributed by atoms with Crippen LogP contribution >= 0.6 is 0 Å². The molecule has 0 saturated heterocycles. The zero-order valence-corrected chi connectivity index (χ0v) is 5.90. The topological polar surface area (TPSA) is 37.3 Å². The molecule has 7 heavy (non-hydrogen) atoms. The SMILES string of the molecule is CC(C)C(=O)O.[Rh]. The number of carbonyl (C=O) groups is 1. The number of aliphatic carboxylic acids is 1. The Morgan fingerprint density at radius 1 is 1.57 bits per heavy atom. The van der Waals surface area contributed by atoms with Crippen LogP contribution in [-0.2, 0) is 24.3 Å². The molecule has 45 valence electrons. The molecule has 0 bridgehead atoms. The van der Waals surface area contributed by atoms with Gasteiger partial charge in [-0.15, -0.1) is 0 Å². The van der Waals surface area contributed by atoms with Crippen molar-refractivity contribution in [1.29, 1.82) is 0 Å².